The zero-order chi connectivity index (χ0) is 13.9. The normalized spacial score (nSPS) is 20.4. The second kappa shape index (κ2) is 5.83. The zero-order valence-corrected chi connectivity index (χ0v) is 9.91. The Morgan fingerprint density at radius 3 is 2.89 bits per heavy atom. The van der Waals surface area contributed by atoms with Crippen LogP contribution in [0.5, 0.6) is 0 Å². The molecule has 1 aliphatic rings. The molecule has 1 saturated heterocycles. The molecule has 19 heavy (non-hydrogen) atoms. The van der Waals surface area contributed by atoms with Gasteiger partial charge in [-0.2, -0.15) is 13.8 Å². The number of rotatable bonds is 6. The molecule has 0 spiro atoms. The number of aromatic nitrogens is 2. The fourth-order valence-electron chi connectivity index (χ4n) is 1.70. The van der Waals surface area contributed by atoms with Gasteiger partial charge in [0.05, 0.1) is 6.04 Å². The number of hydrogen-bond acceptors (Lipinski definition) is 5. The van der Waals surface area contributed by atoms with E-state index in [0.717, 1.165) is 19.4 Å². The Morgan fingerprint density at radius 1 is 1.47 bits per heavy atom. The monoisotopic (exact) mass is 283 g/mol. The summed E-state index contributed by atoms with van der Waals surface area (Å²) in [5, 5.41) is 6.67. The molecule has 0 unspecified atom stereocenters. The van der Waals surface area contributed by atoms with Gasteiger partial charge in [-0.05, 0) is 19.4 Å². The molecular formula is C10H13F4N3O2. The molecule has 2 heterocycles. The maximum Gasteiger partial charge on any atom is 0.330 e. The van der Waals surface area contributed by atoms with E-state index < -0.39 is 25.6 Å². The molecule has 0 bridgehead atoms. The van der Waals surface area contributed by atoms with E-state index >= 15 is 0 Å². The molecule has 0 aliphatic carbocycles. The van der Waals surface area contributed by atoms with Crippen molar-refractivity contribution in [3.63, 3.8) is 0 Å². The van der Waals surface area contributed by atoms with Gasteiger partial charge < -0.3 is 14.6 Å². The summed E-state index contributed by atoms with van der Waals surface area (Å²) in [6.07, 6.45) is -1.91. The first kappa shape index (κ1) is 14.2. The highest BCUT2D eigenvalue weighted by Gasteiger charge is 2.41. The van der Waals surface area contributed by atoms with E-state index in [0.29, 0.717) is 5.89 Å². The molecular weight excluding hydrogens is 270 g/mol. The molecule has 1 N–H and O–H groups in total. The number of nitrogens with zero attached hydrogens (tertiary/aromatic N) is 2. The van der Waals surface area contributed by atoms with Crippen molar-refractivity contribution in [1.82, 2.24) is 15.5 Å². The standard InChI is InChI=1S/C10H13F4N3O2/c11-9(12)10(13,14)5-18-4-7-16-8(19-17-7)6-2-1-3-15-6/h6,9,15H,1-5H2/t6-/m1/s1. The first-order valence-electron chi connectivity index (χ1n) is 5.78. The molecule has 5 nitrogen and oxygen atoms in total. The minimum atomic E-state index is -4.17. The van der Waals surface area contributed by atoms with Crippen LogP contribution in [0.15, 0.2) is 4.52 Å². The van der Waals surface area contributed by atoms with Crippen LogP contribution in [0.3, 0.4) is 0 Å². The lowest BCUT2D eigenvalue weighted by Gasteiger charge is -2.14. The quantitative estimate of drug-likeness (QED) is 0.808. The van der Waals surface area contributed by atoms with E-state index in [1.54, 1.807) is 0 Å². The first-order chi connectivity index (χ1) is 8.99. The molecule has 0 saturated carbocycles. The summed E-state index contributed by atoms with van der Waals surface area (Å²) in [6.45, 7) is -0.922. The van der Waals surface area contributed by atoms with Crippen molar-refractivity contribution in [2.75, 3.05) is 13.2 Å². The van der Waals surface area contributed by atoms with Crippen LogP contribution >= 0.6 is 0 Å². The van der Waals surface area contributed by atoms with Crippen molar-refractivity contribution in [3.05, 3.63) is 11.7 Å². The highest BCUT2D eigenvalue weighted by Crippen LogP contribution is 2.24. The number of ether oxygens (including phenoxy) is 1. The predicted molar refractivity (Wildman–Crippen MR) is 54.9 cm³/mol. The number of halogens is 4. The maximum atomic E-state index is 12.6. The Bertz CT molecular complexity index is 407. The second-order valence-electron chi connectivity index (χ2n) is 4.25. The Labute approximate surface area is 106 Å². The van der Waals surface area contributed by atoms with Gasteiger partial charge in [-0.25, -0.2) is 8.78 Å². The van der Waals surface area contributed by atoms with E-state index in [1.165, 1.54) is 0 Å². The lowest BCUT2D eigenvalue weighted by Crippen LogP contribution is -2.32. The average Bonchev–Trinajstić information content (AvgIpc) is 2.98. The van der Waals surface area contributed by atoms with Crippen molar-refractivity contribution in [1.29, 1.82) is 0 Å². The summed E-state index contributed by atoms with van der Waals surface area (Å²) in [7, 11) is 0. The van der Waals surface area contributed by atoms with Gasteiger partial charge in [-0.15, -0.1) is 0 Å². The molecule has 108 valence electrons. The maximum absolute atomic E-state index is 12.6. The van der Waals surface area contributed by atoms with Crippen molar-refractivity contribution in [2.24, 2.45) is 0 Å². The molecule has 1 aromatic heterocycles. The molecule has 1 fully saturated rings. The highest BCUT2D eigenvalue weighted by atomic mass is 19.3. The third-order valence-electron chi connectivity index (χ3n) is 2.69. The summed E-state index contributed by atoms with van der Waals surface area (Å²) >= 11 is 0. The van der Waals surface area contributed by atoms with E-state index in [2.05, 4.69) is 20.2 Å². The van der Waals surface area contributed by atoms with Crippen LogP contribution in [0.4, 0.5) is 17.6 Å². The van der Waals surface area contributed by atoms with Gasteiger partial charge in [0.15, 0.2) is 5.82 Å². The molecule has 0 amide bonds. The third-order valence-corrected chi connectivity index (χ3v) is 2.69. The number of alkyl halides is 4. The fraction of sp³-hybridized carbons (Fsp3) is 0.800. The lowest BCUT2D eigenvalue weighted by molar-refractivity contribution is -0.168. The van der Waals surface area contributed by atoms with Crippen molar-refractivity contribution in [2.45, 2.75) is 37.8 Å². The molecule has 1 aromatic rings. The number of nitrogens with one attached hydrogen (secondary N) is 1. The van der Waals surface area contributed by atoms with Crippen LogP contribution in [-0.2, 0) is 11.3 Å². The van der Waals surface area contributed by atoms with Crippen LogP contribution < -0.4 is 5.32 Å². The molecule has 9 heteroatoms. The average molecular weight is 283 g/mol. The first-order valence-corrected chi connectivity index (χ1v) is 5.78. The van der Waals surface area contributed by atoms with E-state index in [9.17, 15) is 17.6 Å². The van der Waals surface area contributed by atoms with Crippen molar-refractivity contribution in [3.8, 4) is 0 Å². The highest BCUT2D eigenvalue weighted by molar-refractivity contribution is 4.94. The van der Waals surface area contributed by atoms with Crippen molar-refractivity contribution < 1.29 is 26.8 Å². The van der Waals surface area contributed by atoms with Gasteiger partial charge in [0.1, 0.15) is 13.2 Å². The zero-order valence-electron chi connectivity index (χ0n) is 9.91. The third kappa shape index (κ3) is 3.63. The van der Waals surface area contributed by atoms with Gasteiger partial charge in [-0.3, -0.25) is 0 Å². The summed E-state index contributed by atoms with van der Waals surface area (Å²) in [5.74, 6) is -3.75. The van der Waals surface area contributed by atoms with Gasteiger partial charge in [0, 0.05) is 0 Å². The topological polar surface area (TPSA) is 60.2 Å². The minimum Gasteiger partial charge on any atom is -0.367 e. The fourth-order valence-corrected chi connectivity index (χ4v) is 1.70. The van der Waals surface area contributed by atoms with E-state index in [-0.39, 0.29) is 11.9 Å². The second-order valence-corrected chi connectivity index (χ2v) is 4.25. The largest absolute Gasteiger partial charge is 0.367 e. The summed E-state index contributed by atoms with van der Waals surface area (Å²) in [4.78, 5) is 3.96. The minimum absolute atomic E-state index is 0.0382. The molecule has 0 radical (unpaired) electrons. The van der Waals surface area contributed by atoms with Crippen LogP contribution in [0.1, 0.15) is 30.6 Å². The molecule has 1 atom stereocenters. The Kier molecular flexibility index (Phi) is 4.35. The van der Waals surface area contributed by atoms with Gasteiger partial charge in [0.2, 0.25) is 5.89 Å². The summed E-state index contributed by atoms with van der Waals surface area (Å²) in [6, 6.07) is -0.0382. The van der Waals surface area contributed by atoms with E-state index in [4.69, 9.17) is 4.52 Å². The summed E-state index contributed by atoms with van der Waals surface area (Å²) in [5.41, 5.74) is 0. The molecule has 1 aliphatic heterocycles. The van der Waals surface area contributed by atoms with Gasteiger partial charge in [0.25, 0.3) is 0 Å². The Balaban J connectivity index is 1.80. The van der Waals surface area contributed by atoms with Crippen molar-refractivity contribution >= 4 is 0 Å². The van der Waals surface area contributed by atoms with Gasteiger partial charge in [-0.1, -0.05) is 5.16 Å². The van der Waals surface area contributed by atoms with Crippen LogP contribution in [-0.4, -0.2) is 35.6 Å². The lowest BCUT2D eigenvalue weighted by atomic mass is 10.2. The molecule has 0 aromatic carbocycles. The van der Waals surface area contributed by atoms with E-state index in [1.807, 2.05) is 0 Å². The number of hydrogen-bond donors (Lipinski definition) is 1. The Hall–Kier alpha value is -1.22. The SMILES string of the molecule is FC(F)C(F)(F)COCc1noc([C@H]2CCCN2)n1. The van der Waals surface area contributed by atoms with Crippen LogP contribution in [0, 0.1) is 0 Å². The summed E-state index contributed by atoms with van der Waals surface area (Å²) < 4.78 is 58.2. The molecule has 2 rings (SSSR count). The predicted octanol–water partition coefficient (Wildman–Crippen LogP) is 1.91. The Morgan fingerprint density at radius 2 is 2.26 bits per heavy atom. The van der Waals surface area contributed by atoms with Crippen LogP contribution in [0.2, 0.25) is 0 Å². The smallest absolute Gasteiger partial charge is 0.330 e. The van der Waals surface area contributed by atoms with Gasteiger partial charge >= 0.3 is 12.3 Å². The van der Waals surface area contributed by atoms with Crippen LogP contribution in [0.25, 0.3) is 0 Å².